The van der Waals surface area contributed by atoms with Crippen LogP contribution in [0, 0.1) is 0 Å². The minimum Gasteiger partial charge on any atom is -0.505 e. The molecular formula is C12H7N3O3S. The molecule has 0 saturated carbocycles. The Morgan fingerprint density at radius 3 is 2.89 bits per heavy atom. The summed E-state index contributed by atoms with van der Waals surface area (Å²) in [6.07, 6.45) is 1.57. The van der Waals surface area contributed by atoms with Crippen LogP contribution in [-0.4, -0.2) is 10.1 Å². The van der Waals surface area contributed by atoms with Crippen molar-refractivity contribution in [3.05, 3.63) is 46.3 Å². The van der Waals surface area contributed by atoms with E-state index < -0.39 is 5.63 Å². The van der Waals surface area contributed by atoms with E-state index in [4.69, 9.17) is 4.42 Å². The SMILES string of the molecule is O=c1oc2ccccc2c(O)c1N=Nc1nccs1. The zero-order valence-electron chi connectivity index (χ0n) is 9.48. The molecule has 0 atom stereocenters. The van der Waals surface area contributed by atoms with Crippen LogP contribution >= 0.6 is 11.3 Å². The first-order valence-electron chi connectivity index (χ1n) is 5.32. The van der Waals surface area contributed by atoms with E-state index in [0.717, 1.165) is 0 Å². The zero-order valence-corrected chi connectivity index (χ0v) is 10.3. The number of azo groups is 1. The third-order valence-electron chi connectivity index (χ3n) is 2.42. The van der Waals surface area contributed by atoms with Gasteiger partial charge in [0.2, 0.25) is 10.8 Å². The molecular weight excluding hydrogens is 266 g/mol. The van der Waals surface area contributed by atoms with Crippen molar-refractivity contribution in [3.8, 4) is 5.75 Å². The standard InChI is InChI=1S/C12H7N3O3S/c16-10-7-3-1-2-4-8(7)18-11(17)9(10)14-15-12-13-5-6-19-12/h1-6,16H. The number of nitrogens with zero attached hydrogens (tertiary/aromatic N) is 3. The molecule has 6 nitrogen and oxygen atoms in total. The highest BCUT2D eigenvalue weighted by Crippen LogP contribution is 2.32. The van der Waals surface area contributed by atoms with E-state index in [1.807, 2.05) is 0 Å². The van der Waals surface area contributed by atoms with Gasteiger partial charge in [-0.3, -0.25) is 0 Å². The molecule has 3 aromatic rings. The Hall–Kier alpha value is -2.54. The summed E-state index contributed by atoms with van der Waals surface area (Å²) < 4.78 is 5.06. The zero-order chi connectivity index (χ0) is 13.2. The van der Waals surface area contributed by atoms with Crippen molar-refractivity contribution < 1.29 is 9.52 Å². The molecule has 0 aliphatic carbocycles. The van der Waals surface area contributed by atoms with Gasteiger partial charge in [0.1, 0.15) is 5.58 Å². The van der Waals surface area contributed by atoms with Crippen LogP contribution in [0.4, 0.5) is 10.8 Å². The molecule has 0 saturated heterocycles. The Balaban J connectivity index is 2.16. The molecule has 0 radical (unpaired) electrons. The van der Waals surface area contributed by atoms with Crippen molar-refractivity contribution in [2.75, 3.05) is 0 Å². The quantitative estimate of drug-likeness (QED) is 0.572. The summed E-state index contributed by atoms with van der Waals surface area (Å²) in [5.74, 6) is -0.243. The van der Waals surface area contributed by atoms with Crippen LogP contribution in [-0.2, 0) is 0 Å². The largest absolute Gasteiger partial charge is 0.505 e. The molecule has 3 rings (SSSR count). The molecule has 0 unspecified atom stereocenters. The normalized spacial score (nSPS) is 11.4. The van der Waals surface area contributed by atoms with Crippen molar-refractivity contribution in [2.45, 2.75) is 0 Å². The fourth-order valence-electron chi connectivity index (χ4n) is 1.57. The molecule has 1 aromatic carbocycles. The summed E-state index contributed by atoms with van der Waals surface area (Å²) in [5, 5.41) is 20.1. The number of rotatable bonds is 2. The number of hydrogen-bond acceptors (Lipinski definition) is 7. The Morgan fingerprint density at radius 1 is 1.26 bits per heavy atom. The van der Waals surface area contributed by atoms with Crippen molar-refractivity contribution in [3.63, 3.8) is 0 Å². The second-order valence-corrected chi connectivity index (χ2v) is 4.47. The highest BCUT2D eigenvalue weighted by molar-refractivity contribution is 7.13. The average Bonchev–Trinajstić information content (AvgIpc) is 2.92. The molecule has 1 N–H and O–H groups in total. The fraction of sp³-hybridized carbons (Fsp3) is 0. The van der Waals surface area contributed by atoms with Crippen molar-refractivity contribution in [2.24, 2.45) is 10.2 Å². The number of para-hydroxylation sites is 1. The number of fused-ring (bicyclic) bond motifs is 1. The van der Waals surface area contributed by atoms with E-state index in [2.05, 4.69) is 15.2 Å². The van der Waals surface area contributed by atoms with E-state index >= 15 is 0 Å². The van der Waals surface area contributed by atoms with Crippen LogP contribution in [0.15, 0.2) is 55.3 Å². The van der Waals surface area contributed by atoms with Crippen molar-refractivity contribution in [1.82, 2.24) is 4.98 Å². The second-order valence-electron chi connectivity index (χ2n) is 3.60. The number of benzene rings is 1. The molecule has 7 heteroatoms. The predicted octanol–water partition coefficient (Wildman–Crippen LogP) is 3.37. The maximum atomic E-state index is 11.7. The predicted molar refractivity (Wildman–Crippen MR) is 70.4 cm³/mol. The van der Waals surface area contributed by atoms with Gasteiger partial charge in [-0.05, 0) is 12.1 Å². The van der Waals surface area contributed by atoms with E-state index in [-0.39, 0.29) is 11.4 Å². The lowest BCUT2D eigenvalue weighted by Gasteiger charge is -2.00. The Kier molecular flexibility index (Phi) is 2.81. The minimum atomic E-state index is -0.739. The van der Waals surface area contributed by atoms with E-state index in [0.29, 0.717) is 16.1 Å². The van der Waals surface area contributed by atoms with Crippen LogP contribution < -0.4 is 5.63 Å². The summed E-state index contributed by atoms with van der Waals surface area (Å²) in [5.41, 5.74) is -0.663. The highest BCUT2D eigenvalue weighted by Gasteiger charge is 2.13. The lowest BCUT2D eigenvalue weighted by molar-refractivity contribution is 0.469. The molecule has 0 amide bonds. The smallest absolute Gasteiger partial charge is 0.368 e. The number of aromatic nitrogens is 1. The summed E-state index contributed by atoms with van der Waals surface area (Å²) >= 11 is 1.27. The van der Waals surface area contributed by atoms with E-state index in [9.17, 15) is 9.90 Å². The monoisotopic (exact) mass is 273 g/mol. The first-order valence-corrected chi connectivity index (χ1v) is 6.20. The van der Waals surface area contributed by atoms with Gasteiger partial charge in [-0.2, -0.15) is 0 Å². The van der Waals surface area contributed by atoms with Crippen LogP contribution in [0.2, 0.25) is 0 Å². The number of hydrogen-bond donors (Lipinski definition) is 1. The van der Waals surface area contributed by atoms with Gasteiger partial charge in [0.25, 0.3) is 0 Å². The first-order chi connectivity index (χ1) is 9.25. The Labute approximate surface area is 110 Å². The Morgan fingerprint density at radius 2 is 2.11 bits per heavy atom. The maximum Gasteiger partial charge on any atom is 0.368 e. The van der Waals surface area contributed by atoms with Gasteiger partial charge in [-0.15, -0.1) is 21.6 Å². The molecule has 19 heavy (non-hydrogen) atoms. The number of aromatic hydroxyl groups is 1. The summed E-state index contributed by atoms with van der Waals surface area (Å²) in [7, 11) is 0. The Bertz CT molecular complexity index is 809. The van der Waals surface area contributed by atoms with Gasteiger partial charge in [0.05, 0.1) is 5.39 Å². The van der Waals surface area contributed by atoms with Gasteiger partial charge in [-0.1, -0.05) is 12.1 Å². The van der Waals surface area contributed by atoms with Crippen LogP contribution in [0.1, 0.15) is 0 Å². The van der Waals surface area contributed by atoms with E-state index in [1.165, 1.54) is 11.3 Å². The minimum absolute atomic E-state index is 0.228. The van der Waals surface area contributed by atoms with Crippen molar-refractivity contribution in [1.29, 1.82) is 0 Å². The molecule has 0 bridgehead atoms. The molecule has 94 valence electrons. The second kappa shape index (κ2) is 4.62. The maximum absolute atomic E-state index is 11.7. The molecule has 0 aliphatic heterocycles. The lowest BCUT2D eigenvalue weighted by atomic mass is 10.2. The molecule has 2 aromatic heterocycles. The van der Waals surface area contributed by atoms with Crippen LogP contribution in [0.3, 0.4) is 0 Å². The van der Waals surface area contributed by atoms with Gasteiger partial charge in [-0.25, -0.2) is 9.78 Å². The van der Waals surface area contributed by atoms with E-state index in [1.54, 1.807) is 35.8 Å². The third-order valence-corrected chi connectivity index (χ3v) is 3.07. The van der Waals surface area contributed by atoms with Gasteiger partial charge < -0.3 is 9.52 Å². The van der Waals surface area contributed by atoms with Gasteiger partial charge >= 0.3 is 5.63 Å². The summed E-state index contributed by atoms with van der Waals surface area (Å²) in [6.45, 7) is 0. The lowest BCUT2D eigenvalue weighted by Crippen LogP contribution is -1.98. The highest BCUT2D eigenvalue weighted by atomic mass is 32.1. The summed E-state index contributed by atoms with van der Waals surface area (Å²) in [6, 6.07) is 6.67. The average molecular weight is 273 g/mol. The molecule has 0 fully saturated rings. The summed E-state index contributed by atoms with van der Waals surface area (Å²) in [4.78, 5) is 15.6. The van der Waals surface area contributed by atoms with Gasteiger partial charge in [0.15, 0.2) is 5.75 Å². The molecule has 0 aliphatic rings. The van der Waals surface area contributed by atoms with Crippen LogP contribution in [0.5, 0.6) is 5.75 Å². The number of thiazole rings is 1. The topological polar surface area (TPSA) is 88.0 Å². The third kappa shape index (κ3) is 2.11. The fourth-order valence-corrected chi connectivity index (χ4v) is 2.02. The van der Waals surface area contributed by atoms with Crippen LogP contribution in [0.25, 0.3) is 11.0 Å². The first kappa shape index (κ1) is 11.5. The molecule has 2 heterocycles. The molecule has 0 spiro atoms. The van der Waals surface area contributed by atoms with Crippen molar-refractivity contribution >= 4 is 33.1 Å². The van der Waals surface area contributed by atoms with Gasteiger partial charge in [0, 0.05) is 11.6 Å².